The number of hydrogen-bond acceptors (Lipinski definition) is 2. The van der Waals surface area contributed by atoms with E-state index in [2.05, 4.69) is 0 Å². The SMILES string of the molecule is Fc1cccc(F)c1-c1cc(-n2c3ccccc3c3ccc4c5ccccc5sc4c32)c(C(F)(F)F)c(-n2c3ccccc3c3ccc4c5ccccc5sc4c32)c1. The topological polar surface area (TPSA) is 9.86 Å². The molecule has 58 heavy (non-hydrogen) atoms. The van der Waals surface area contributed by atoms with Crippen molar-refractivity contribution in [3.8, 4) is 22.5 Å². The minimum absolute atomic E-state index is 0.0162. The molecule has 0 bridgehead atoms. The van der Waals surface area contributed by atoms with Gasteiger partial charge in [-0.25, -0.2) is 8.78 Å². The first-order chi connectivity index (χ1) is 28.3. The van der Waals surface area contributed by atoms with Gasteiger partial charge in [0.2, 0.25) is 0 Å². The number of nitrogens with zero attached hydrogens (tertiary/aromatic N) is 2. The smallest absolute Gasteiger partial charge is 0.307 e. The van der Waals surface area contributed by atoms with Crippen LogP contribution in [-0.4, -0.2) is 9.13 Å². The third kappa shape index (κ3) is 4.57. The van der Waals surface area contributed by atoms with Gasteiger partial charge in [0.15, 0.2) is 0 Å². The molecule has 8 aromatic carbocycles. The third-order valence-corrected chi connectivity index (χ3v) is 13.9. The van der Waals surface area contributed by atoms with Crippen LogP contribution in [0, 0.1) is 11.6 Å². The molecule has 0 amide bonds. The van der Waals surface area contributed by atoms with E-state index in [9.17, 15) is 0 Å². The van der Waals surface area contributed by atoms with Gasteiger partial charge in [-0.15, -0.1) is 22.7 Å². The Labute approximate surface area is 333 Å². The minimum Gasteiger partial charge on any atom is -0.307 e. The third-order valence-electron chi connectivity index (χ3n) is 11.5. The van der Waals surface area contributed by atoms with Crippen LogP contribution in [0.15, 0.2) is 152 Å². The highest BCUT2D eigenvalue weighted by atomic mass is 32.1. The molecule has 0 aliphatic heterocycles. The molecule has 12 rings (SSSR count). The summed E-state index contributed by atoms with van der Waals surface area (Å²) < 4.78 is 88.7. The lowest BCUT2D eigenvalue weighted by atomic mass is 9.98. The van der Waals surface area contributed by atoms with Crippen LogP contribution in [-0.2, 0) is 6.18 Å². The van der Waals surface area contributed by atoms with E-state index >= 15 is 22.0 Å². The standard InChI is InChI=1S/C49H25F5N2S2/c50-35-14-9-15-36(51)43(35)26-24-39(55-37-16-5-1-10-27(37)31-20-22-33-29-12-3-7-18-41(29)57-47(33)45(31)55)44(49(52,53)54)40(25-26)56-38-17-6-2-11-28(38)32-21-23-34-30-13-4-8-19-42(30)58-48(34)46(32)56/h1-25H. The Balaban J connectivity index is 1.34. The summed E-state index contributed by atoms with van der Waals surface area (Å²) >= 11 is 3.03. The van der Waals surface area contributed by atoms with E-state index in [0.717, 1.165) is 74.0 Å². The molecule has 4 heterocycles. The quantitative estimate of drug-likeness (QED) is 0.158. The second-order valence-electron chi connectivity index (χ2n) is 14.6. The second-order valence-corrected chi connectivity index (χ2v) is 16.7. The fourth-order valence-electron chi connectivity index (χ4n) is 9.14. The van der Waals surface area contributed by atoms with Gasteiger partial charge in [-0.05, 0) is 54.1 Å². The molecule has 4 aromatic heterocycles. The van der Waals surface area contributed by atoms with E-state index in [4.69, 9.17) is 0 Å². The highest BCUT2D eigenvalue weighted by Gasteiger charge is 2.40. The number of benzene rings is 8. The maximum absolute atomic E-state index is 16.6. The van der Waals surface area contributed by atoms with Gasteiger partial charge in [0.05, 0.1) is 48.4 Å². The normalized spacial score (nSPS) is 12.6. The highest BCUT2D eigenvalue weighted by molar-refractivity contribution is 7.27. The van der Waals surface area contributed by atoms with E-state index < -0.39 is 28.9 Å². The zero-order chi connectivity index (χ0) is 39.0. The lowest BCUT2D eigenvalue weighted by Gasteiger charge is -2.23. The summed E-state index contributed by atoms with van der Waals surface area (Å²) in [6, 6.07) is 44.8. The Morgan fingerprint density at radius 1 is 0.414 bits per heavy atom. The van der Waals surface area contributed by atoms with Crippen molar-refractivity contribution in [2.24, 2.45) is 0 Å². The molecule has 0 N–H and O–H groups in total. The second kappa shape index (κ2) is 12.0. The molecule has 0 aliphatic carbocycles. The van der Waals surface area contributed by atoms with Crippen molar-refractivity contribution in [1.29, 1.82) is 0 Å². The average Bonchev–Trinajstić information content (AvgIpc) is 3.98. The van der Waals surface area contributed by atoms with E-state index in [1.807, 2.05) is 109 Å². The molecule has 2 nitrogen and oxygen atoms in total. The van der Waals surface area contributed by atoms with Gasteiger partial charge in [-0.1, -0.05) is 103 Å². The van der Waals surface area contributed by atoms with Crippen LogP contribution in [0.5, 0.6) is 0 Å². The van der Waals surface area contributed by atoms with Gasteiger partial charge < -0.3 is 9.13 Å². The van der Waals surface area contributed by atoms with E-state index in [1.165, 1.54) is 40.9 Å². The summed E-state index contributed by atoms with van der Waals surface area (Å²) in [7, 11) is 0. The van der Waals surface area contributed by atoms with E-state index in [-0.39, 0.29) is 16.9 Å². The number of fused-ring (bicyclic) bond motifs is 14. The van der Waals surface area contributed by atoms with Gasteiger partial charge in [0, 0.05) is 52.5 Å². The Bertz CT molecular complexity index is 3480. The van der Waals surface area contributed by atoms with Crippen molar-refractivity contribution in [2.75, 3.05) is 0 Å². The molecule has 0 aliphatic rings. The number of hydrogen-bond donors (Lipinski definition) is 0. The average molecular weight is 801 g/mol. The number of alkyl halides is 3. The first-order valence-electron chi connectivity index (χ1n) is 18.6. The molecular weight excluding hydrogens is 776 g/mol. The molecule has 9 heteroatoms. The molecule has 0 spiro atoms. The Hall–Kier alpha value is -6.55. The number of thiophene rings is 2. The summed E-state index contributed by atoms with van der Waals surface area (Å²) in [5.41, 5.74) is 0.472. The van der Waals surface area contributed by atoms with Gasteiger partial charge in [0.1, 0.15) is 17.2 Å². The van der Waals surface area contributed by atoms with E-state index in [0.29, 0.717) is 22.1 Å². The van der Waals surface area contributed by atoms with Crippen molar-refractivity contribution in [1.82, 2.24) is 9.13 Å². The molecule has 0 atom stereocenters. The lowest BCUT2D eigenvalue weighted by molar-refractivity contribution is -0.137. The van der Waals surface area contributed by atoms with Crippen LogP contribution in [0.4, 0.5) is 22.0 Å². The molecule has 278 valence electrons. The molecule has 12 aromatic rings. The maximum Gasteiger partial charge on any atom is 0.420 e. The van der Waals surface area contributed by atoms with Crippen LogP contribution >= 0.6 is 22.7 Å². The molecule has 0 saturated heterocycles. The fourth-order valence-corrected chi connectivity index (χ4v) is 11.6. The summed E-state index contributed by atoms with van der Waals surface area (Å²) in [5, 5.41) is 6.89. The zero-order valence-electron chi connectivity index (χ0n) is 30.0. The van der Waals surface area contributed by atoms with Crippen LogP contribution in [0.3, 0.4) is 0 Å². The molecule has 0 saturated carbocycles. The lowest BCUT2D eigenvalue weighted by Crippen LogP contribution is -2.16. The van der Waals surface area contributed by atoms with Crippen molar-refractivity contribution < 1.29 is 22.0 Å². The summed E-state index contributed by atoms with van der Waals surface area (Å²) in [6.45, 7) is 0. The van der Waals surface area contributed by atoms with Crippen molar-refractivity contribution in [2.45, 2.75) is 6.18 Å². The fraction of sp³-hybridized carbons (Fsp3) is 0.0204. The molecule has 0 radical (unpaired) electrons. The molecular formula is C49H25F5N2S2. The number of rotatable bonds is 3. The van der Waals surface area contributed by atoms with Crippen LogP contribution in [0.2, 0.25) is 0 Å². The Kier molecular flexibility index (Phi) is 6.94. The highest BCUT2D eigenvalue weighted by Crippen LogP contribution is 2.50. The van der Waals surface area contributed by atoms with Crippen molar-refractivity contribution in [3.63, 3.8) is 0 Å². The predicted molar refractivity (Wildman–Crippen MR) is 231 cm³/mol. The largest absolute Gasteiger partial charge is 0.420 e. The maximum atomic E-state index is 16.6. The van der Waals surface area contributed by atoms with Crippen LogP contribution in [0.25, 0.3) is 106 Å². The van der Waals surface area contributed by atoms with Crippen molar-refractivity contribution >= 4 is 107 Å². The first kappa shape index (κ1) is 33.6. The number of aromatic nitrogens is 2. The summed E-state index contributed by atoms with van der Waals surface area (Å²) in [4.78, 5) is 0. The number of para-hydroxylation sites is 2. The van der Waals surface area contributed by atoms with Crippen LogP contribution in [0.1, 0.15) is 5.56 Å². The van der Waals surface area contributed by atoms with Gasteiger partial charge in [-0.2, -0.15) is 13.2 Å². The first-order valence-corrected chi connectivity index (χ1v) is 20.3. The van der Waals surface area contributed by atoms with Crippen molar-refractivity contribution in [3.05, 3.63) is 169 Å². The van der Waals surface area contributed by atoms with Gasteiger partial charge in [-0.3, -0.25) is 0 Å². The predicted octanol–water partition coefficient (Wildman–Crippen LogP) is 15.6. The molecule has 0 fully saturated rings. The Morgan fingerprint density at radius 3 is 1.29 bits per heavy atom. The monoisotopic (exact) mass is 800 g/mol. The van der Waals surface area contributed by atoms with Gasteiger partial charge in [0.25, 0.3) is 0 Å². The Morgan fingerprint density at radius 2 is 0.828 bits per heavy atom. The van der Waals surface area contributed by atoms with Crippen LogP contribution < -0.4 is 0 Å². The summed E-state index contributed by atoms with van der Waals surface area (Å²) in [5.74, 6) is -1.75. The van der Waals surface area contributed by atoms with Gasteiger partial charge >= 0.3 is 6.18 Å². The minimum atomic E-state index is -4.94. The molecule has 0 unspecified atom stereocenters. The zero-order valence-corrected chi connectivity index (χ0v) is 31.7. The number of halogens is 5. The summed E-state index contributed by atoms with van der Waals surface area (Å²) in [6.07, 6.45) is -4.94. The van der Waals surface area contributed by atoms with E-state index in [1.54, 1.807) is 21.3 Å².